The van der Waals surface area contributed by atoms with E-state index in [1.807, 2.05) is 6.07 Å². The lowest BCUT2D eigenvalue weighted by Crippen LogP contribution is -2.44. The van der Waals surface area contributed by atoms with E-state index in [1.165, 1.54) is 4.90 Å². The fraction of sp³-hybridized carbons (Fsp3) is 0.500. The first-order valence-corrected chi connectivity index (χ1v) is 7.65. The maximum absolute atomic E-state index is 12.4. The second kappa shape index (κ2) is 9.82. The Bertz CT molecular complexity index is 627. The maximum Gasteiger partial charge on any atom is 0.401 e. The molecule has 138 valence electrons. The number of nitrogens with zero attached hydrogens (tertiary/aromatic N) is 3. The van der Waals surface area contributed by atoms with Crippen LogP contribution in [0.1, 0.15) is 17.5 Å². The molecule has 1 unspecified atom stereocenters. The predicted molar refractivity (Wildman–Crippen MR) is 101 cm³/mol. The van der Waals surface area contributed by atoms with E-state index in [0.717, 1.165) is 5.56 Å². The third-order valence-corrected chi connectivity index (χ3v) is 3.76. The smallest absolute Gasteiger partial charge is 0.352 e. The second-order valence-electron chi connectivity index (χ2n) is 5.72. The zero-order valence-electron chi connectivity index (χ0n) is 13.8. The topological polar surface area (TPSA) is 63.5 Å². The third-order valence-electron chi connectivity index (χ3n) is 3.76. The summed E-state index contributed by atoms with van der Waals surface area (Å²) in [4.78, 5) is 5.49. The molecule has 1 saturated heterocycles. The van der Waals surface area contributed by atoms with E-state index in [9.17, 15) is 13.2 Å². The Labute approximate surface area is 162 Å². The molecule has 5 nitrogen and oxygen atoms in total. The van der Waals surface area contributed by atoms with Gasteiger partial charge in [-0.25, -0.2) is 0 Å². The molecule has 25 heavy (non-hydrogen) atoms. The van der Waals surface area contributed by atoms with Crippen molar-refractivity contribution in [3.8, 4) is 6.07 Å². The van der Waals surface area contributed by atoms with Crippen molar-refractivity contribution in [2.75, 3.05) is 26.7 Å². The van der Waals surface area contributed by atoms with Crippen LogP contribution in [0.15, 0.2) is 29.3 Å². The summed E-state index contributed by atoms with van der Waals surface area (Å²) >= 11 is 0. The number of nitriles is 1. The molecule has 1 heterocycles. The highest BCUT2D eigenvalue weighted by Crippen LogP contribution is 2.19. The zero-order valence-corrected chi connectivity index (χ0v) is 16.1. The molecule has 1 aromatic carbocycles. The number of benzene rings is 1. The number of hydrogen-bond acceptors (Lipinski definition) is 3. The minimum absolute atomic E-state index is 0. The highest BCUT2D eigenvalue weighted by Gasteiger charge is 2.34. The highest BCUT2D eigenvalue weighted by molar-refractivity contribution is 14.0. The van der Waals surface area contributed by atoms with Gasteiger partial charge in [0.1, 0.15) is 0 Å². The molecule has 0 bridgehead atoms. The van der Waals surface area contributed by atoms with Gasteiger partial charge in [-0.05, 0) is 24.1 Å². The van der Waals surface area contributed by atoms with Gasteiger partial charge in [0.05, 0.1) is 18.2 Å². The van der Waals surface area contributed by atoms with Crippen molar-refractivity contribution < 1.29 is 13.2 Å². The minimum atomic E-state index is -4.17. The van der Waals surface area contributed by atoms with Crippen LogP contribution in [-0.4, -0.2) is 49.8 Å². The molecular weight excluding hydrogens is 446 g/mol. The van der Waals surface area contributed by atoms with E-state index in [2.05, 4.69) is 21.7 Å². The van der Waals surface area contributed by atoms with Gasteiger partial charge in [-0.2, -0.15) is 18.4 Å². The lowest BCUT2D eigenvalue weighted by atomic mass is 10.1. The molecule has 1 aliphatic heterocycles. The molecule has 2 rings (SSSR count). The number of rotatable bonds is 4. The Kier molecular flexibility index (Phi) is 8.44. The molecule has 0 aliphatic carbocycles. The molecule has 1 aromatic rings. The lowest BCUT2D eigenvalue weighted by Gasteiger charge is -2.19. The van der Waals surface area contributed by atoms with Crippen LogP contribution in [0.3, 0.4) is 0 Å². The summed E-state index contributed by atoms with van der Waals surface area (Å²) in [5.41, 5.74) is 1.51. The summed E-state index contributed by atoms with van der Waals surface area (Å²) in [5.74, 6) is 0.538. The Hall–Kier alpha value is -1.54. The number of guanidine groups is 1. The molecule has 1 fully saturated rings. The van der Waals surface area contributed by atoms with Crippen LogP contribution in [-0.2, 0) is 6.54 Å². The predicted octanol–water partition coefficient (Wildman–Crippen LogP) is 2.48. The fourth-order valence-corrected chi connectivity index (χ4v) is 2.67. The fourth-order valence-electron chi connectivity index (χ4n) is 2.67. The van der Waals surface area contributed by atoms with E-state index >= 15 is 0 Å². The summed E-state index contributed by atoms with van der Waals surface area (Å²) in [6.07, 6.45) is -3.53. The van der Waals surface area contributed by atoms with Crippen molar-refractivity contribution in [3.63, 3.8) is 0 Å². The van der Waals surface area contributed by atoms with Crippen molar-refractivity contribution in [2.45, 2.75) is 25.2 Å². The van der Waals surface area contributed by atoms with Crippen LogP contribution in [0, 0.1) is 11.3 Å². The number of alkyl halides is 3. The molecular formula is C16H21F3IN5. The van der Waals surface area contributed by atoms with Crippen molar-refractivity contribution in [1.29, 1.82) is 5.26 Å². The maximum atomic E-state index is 12.4. The summed E-state index contributed by atoms with van der Waals surface area (Å²) in [5, 5.41) is 15.2. The Morgan fingerprint density at radius 2 is 2.20 bits per heavy atom. The number of likely N-dealkylation sites (tertiary alicyclic amines) is 1. The van der Waals surface area contributed by atoms with Crippen molar-refractivity contribution in [1.82, 2.24) is 15.5 Å². The Balaban J connectivity index is 0.00000312. The molecule has 1 atom stereocenters. The summed E-state index contributed by atoms with van der Waals surface area (Å²) in [6, 6.07) is 9.21. The summed E-state index contributed by atoms with van der Waals surface area (Å²) in [7, 11) is 1.61. The van der Waals surface area contributed by atoms with E-state index in [4.69, 9.17) is 5.26 Å². The molecule has 0 saturated carbocycles. The summed E-state index contributed by atoms with van der Waals surface area (Å²) < 4.78 is 37.2. The number of hydrogen-bond donors (Lipinski definition) is 2. The normalized spacial score (nSPS) is 18.4. The van der Waals surface area contributed by atoms with Gasteiger partial charge < -0.3 is 10.6 Å². The third kappa shape index (κ3) is 7.48. The lowest BCUT2D eigenvalue weighted by molar-refractivity contribution is -0.143. The highest BCUT2D eigenvalue weighted by atomic mass is 127. The van der Waals surface area contributed by atoms with E-state index < -0.39 is 12.7 Å². The van der Waals surface area contributed by atoms with Gasteiger partial charge >= 0.3 is 6.18 Å². The van der Waals surface area contributed by atoms with E-state index in [0.29, 0.717) is 37.6 Å². The van der Waals surface area contributed by atoms with E-state index in [-0.39, 0.29) is 30.0 Å². The van der Waals surface area contributed by atoms with Gasteiger partial charge in [-0.15, -0.1) is 24.0 Å². The first-order valence-electron chi connectivity index (χ1n) is 7.65. The molecule has 1 aliphatic rings. The van der Waals surface area contributed by atoms with Crippen LogP contribution in [0.4, 0.5) is 13.2 Å². The number of aliphatic imine (C=N–C) groups is 1. The van der Waals surface area contributed by atoms with Crippen LogP contribution < -0.4 is 10.6 Å². The van der Waals surface area contributed by atoms with Crippen LogP contribution in [0.25, 0.3) is 0 Å². The van der Waals surface area contributed by atoms with Crippen LogP contribution in [0.2, 0.25) is 0 Å². The molecule has 0 amide bonds. The molecule has 2 N–H and O–H groups in total. The summed E-state index contributed by atoms with van der Waals surface area (Å²) in [6.45, 7) is 0.356. The van der Waals surface area contributed by atoms with Crippen LogP contribution >= 0.6 is 24.0 Å². The number of nitrogens with one attached hydrogen (secondary N) is 2. The molecule has 0 aromatic heterocycles. The Morgan fingerprint density at radius 3 is 2.84 bits per heavy atom. The van der Waals surface area contributed by atoms with Gasteiger partial charge in [0.25, 0.3) is 0 Å². The van der Waals surface area contributed by atoms with Gasteiger partial charge in [-0.3, -0.25) is 9.89 Å². The van der Waals surface area contributed by atoms with Crippen molar-refractivity contribution in [2.24, 2.45) is 4.99 Å². The zero-order chi connectivity index (χ0) is 17.6. The Morgan fingerprint density at radius 1 is 1.44 bits per heavy atom. The van der Waals surface area contributed by atoms with Crippen LogP contribution in [0.5, 0.6) is 0 Å². The molecule has 9 heteroatoms. The van der Waals surface area contributed by atoms with Crippen molar-refractivity contribution >= 4 is 29.9 Å². The van der Waals surface area contributed by atoms with Gasteiger partial charge in [0.15, 0.2) is 5.96 Å². The van der Waals surface area contributed by atoms with Gasteiger partial charge in [-0.1, -0.05) is 12.1 Å². The van der Waals surface area contributed by atoms with E-state index in [1.54, 1.807) is 25.2 Å². The largest absolute Gasteiger partial charge is 0.401 e. The average molecular weight is 467 g/mol. The van der Waals surface area contributed by atoms with Gasteiger partial charge in [0, 0.05) is 32.7 Å². The monoisotopic (exact) mass is 467 g/mol. The quantitative estimate of drug-likeness (QED) is 0.406. The first-order chi connectivity index (χ1) is 11.4. The molecule has 0 radical (unpaired) electrons. The van der Waals surface area contributed by atoms with Gasteiger partial charge in [0.2, 0.25) is 0 Å². The molecule has 0 spiro atoms. The number of halogens is 4. The minimum Gasteiger partial charge on any atom is -0.352 e. The SMILES string of the molecule is CN=C(NCc1cccc(C#N)c1)NC1CCN(CC(F)(F)F)C1.I. The van der Waals surface area contributed by atoms with Crippen molar-refractivity contribution in [3.05, 3.63) is 35.4 Å². The second-order valence-corrected chi connectivity index (χ2v) is 5.72. The average Bonchev–Trinajstić information content (AvgIpc) is 2.96. The first kappa shape index (κ1) is 21.5. The standard InChI is InChI=1S/C16H20F3N5.HI/c1-21-15(22-9-13-4-2-3-12(7-13)8-20)23-14-5-6-24(10-14)11-16(17,18)19;/h2-4,7,14H,5-6,9-11H2,1H3,(H2,21,22,23);1H.